The van der Waals surface area contributed by atoms with Gasteiger partial charge < -0.3 is 14.6 Å². The number of pyridine rings is 1. The largest absolute Gasteiger partial charge is 0.475 e. The van der Waals surface area contributed by atoms with Gasteiger partial charge in [0.05, 0.1) is 28.6 Å². The molecule has 1 unspecified atom stereocenters. The number of nitrogens with one attached hydrogen (secondary N) is 1. The van der Waals surface area contributed by atoms with Gasteiger partial charge in [-0.1, -0.05) is 32.0 Å². The molecular weight excluding hydrogens is 479 g/mol. The molecule has 0 amide bonds. The van der Waals surface area contributed by atoms with Crippen LogP contribution in [0.5, 0.6) is 5.88 Å². The predicted molar refractivity (Wildman–Crippen MR) is 147 cm³/mol. The van der Waals surface area contributed by atoms with Crippen LogP contribution in [0.3, 0.4) is 0 Å². The van der Waals surface area contributed by atoms with E-state index in [1.54, 1.807) is 18.3 Å². The van der Waals surface area contributed by atoms with E-state index < -0.39 is 0 Å². The number of hydrogen-bond donors (Lipinski definition) is 1. The highest BCUT2D eigenvalue weighted by Gasteiger charge is 2.31. The first kappa shape index (κ1) is 24.0. The number of rotatable bonds is 8. The van der Waals surface area contributed by atoms with Gasteiger partial charge in [-0.05, 0) is 54.8 Å². The number of halogens is 1. The third kappa shape index (κ3) is 4.81. The van der Waals surface area contributed by atoms with Crippen molar-refractivity contribution >= 4 is 16.9 Å². The summed E-state index contributed by atoms with van der Waals surface area (Å²) >= 11 is 0. The Hall–Kier alpha value is -4.33. The van der Waals surface area contributed by atoms with E-state index in [-0.39, 0.29) is 11.9 Å². The minimum absolute atomic E-state index is 0.0528. The van der Waals surface area contributed by atoms with E-state index >= 15 is 0 Å². The van der Waals surface area contributed by atoms with Crippen molar-refractivity contribution in [1.82, 2.24) is 24.5 Å². The van der Waals surface area contributed by atoms with Crippen molar-refractivity contribution in [3.8, 4) is 28.5 Å². The summed E-state index contributed by atoms with van der Waals surface area (Å²) in [6.45, 7) is 5.51. The SMILES string of the molecule is CC(C)CNc1nccc(-c2c(-c3ccc(F)cc3)nc3n2C(COc2ccc4ccccc4n2)CC3)n1. The molecular formula is C30H29FN6O. The summed E-state index contributed by atoms with van der Waals surface area (Å²) in [5, 5.41) is 4.40. The normalized spacial score (nSPS) is 14.7. The quantitative estimate of drug-likeness (QED) is 0.264. The molecule has 0 aliphatic carbocycles. The monoisotopic (exact) mass is 508 g/mol. The lowest BCUT2D eigenvalue weighted by Gasteiger charge is -2.18. The summed E-state index contributed by atoms with van der Waals surface area (Å²) in [5.41, 5.74) is 4.18. The first-order valence-corrected chi connectivity index (χ1v) is 13.0. The predicted octanol–water partition coefficient (Wildman–Crippen LogP) is 6.33. The Labute approximate surface area is 220 Å². The summed E-state index contributed by atoms with van der Waals surface area (Å²) in [4.78, 5) is 18.9. The van der Waals surface area contributed by atoms with Crippen molar-refractivity contribution in [2.45, 2.75) is 32.7 Å². The highest BCUT2D eigenvalue weighted by molar-refractivity contribution is 5.79. The van der Waals surface area contributed by atoms with Crippen LogP contribution in [0.4, 0.5) is 10.3 Å². The number of nitrogens with zero attached hydrogens (tertiary/aromatic N) is 5. The van der Waals surface area contributed by atoms with Gasteiger partial charge in [-0.25, -0.2) is 24.3 Å². The minimum Gasteiger partial charge on any atom is -0.475 e. The molecule has 3 aromatic heterocycles. The van der Waals surface area contributed by atoms with E-state index in [2.05, 4.69) is 33.7 Å². The lowest BCUT2D eigenvalue weighted by molar-refractivity contribution is 0.248. The molecule has 1 aliphatic heterocycles. The van der Waals surface area contributed by atoms with Crippen molar-refractivity contribution in [2.24, 2.45) is 5.92 Å². The van der Waals surface area contributed by atoms with Gasteiger partial charge in [-0.3, -0.25) is 0 Å². The number of imidazole rings is 1. The third-order valence-electron chi connectivity index (χ3n) is 6.73. The summed E-state index contributed by atoms with van der Waals surface area (Å²) in [5.74, 6) is 2.32. The molecule has 1 aliphatic rings. The first-order valence-electron chi connectivity index (χ1n) is 13.0. The second kappa shape index (κ2) is 10.2. The van der Waals surface area contributed by atoms with Crippen LogP contribution in [0.15, 0.2) is 72.9 Å². The maximum Gasteiger partial charge on any atom is 0.223 e. The molecule has 0 radical (unpaired) electrons. The molecule has 1 atom stereocenters. The van der Waals surface area contributed by atoms with Gasteiger partial charge in [-0.2, -0.15) is 0 Å². The van der Waals surface area contributed by atoms with Gasteiger partial charge in [0.2, 0.25) is 11.8 Å². The van der Waals surface area contributed by atoms with Gasteiger partial charge >= 0.3 is 0 Å². The van der Waals surface area contributed by atoms with Crippen LogP contribution in [0.1, 0.15) is 32.1 Å². The maximum atomic E-state index is 13.7. The van der Waals surface area contributed by atoms with Crippen LogP contribution >= 0.6 is 0 Å². The Morgan fingerprint density at radius 3 is 2.68 bits per heavy atom. The molecule has 2 aromatic carbocycles. The van der Waals surface area contributed by atoms with Crippen LogP contribution in [0.25, 0.3) is 33.5 Å². The Morgan fingerprint density at radius 2 is 1.84 bits per heavy atom. The van der Waals surface area contributed by atoms with Crippen LogP contribution in [0, 0.1) is 11.7 Å². The van der Waals surface area contributed by atoms with E-state index in [9.17, 15) is 4.39 Å². The fourth-order valence-electron chi connectivity index (χ4n) is 4.87. The van der Waals surface area contributed by atoms with Crippen molar-refractivity contribution in [3.63, 3.8) is 0 Å². The molecule has 0 spiro atoms. The number of fused-ring (bicyclic) bond motifs is 2. The second-order valence-corrected chi connectivity index (χ2v) is 9.99. The molecule has 1 N–H and O–H groups in total. The van der Waals surface area contributed by atoms with E-state index in [1.165, 1.54) is 12.1 Å². The number of benzene rings is 2. The topological polar surface area (TPSA) is 77.8 Å². The molecule has 4 heterocycles. The van der Waals surface area contributed by atoms with Crippen molar-refractivity contribution in [1.29, 1.82) is 0 Å². The fourth-order valence-corrected chi connectivity index (χ4v) is 4.87. The molecule has 7 nitrogen and oxygen atoms in total. The number of anilines is 1. The van der Waals surface area contributed by atoms with Crippen molar-refractivity contribution < 1.29 is 9.13 Å². The summed E-state index contributed by atoms with van der Waals surface area (Å²) in [7, 11) is 0. The molecule has 0 bridgehead atoms. The van der Waals surface area contributed by atoms with Crippen LogP contribution < -0.4 is 10.1 Å². The number of aryl methyl sites for hydroxylation is 1. The van der Waals surface area contributed by atoms with E-state index in [0.717, 1.165) is 58.8 Å². The molecule has 6 rings (SSSR count). The Balaban J connectivity index is 1.36. The number of hydrogen-bond acceptors (Lipinski definition) is 6. The van der Waals surface area contributed by atoms with E-state index in [0.29, 0.717) is 24.4 Å². The molecule has 5 aromatic rings. The van der Waals surface area contributed by atoms with Gasteiger partial charge in [-0.15, -0.1) is 0 Å². The second-order valence-electron chi connectivity index (χ2n) is 9.99. The molecule has 0 saturated heterocycles. The lowest BCUT2D eigenvalue weighted by atomic mass is 10.1. The van der Waals surface area contributed by atoms with Gasteiger partial charge in [0.1, 0.15) is 18.2 Å². The zero-order valence-electron chi connectivity index (χ0n) is 21.4. The van der Waals surface area contributed by atoms with Crippen molar-refractivity contribution in [2.75, 3.05) is 18.5 Å². The fraction of sp³-hybridized carbons (Fsp3) is 0.267. The number of aromatic nitrogens is 5. The van der Waals surface area contributed by atoms with Crippen LogP contribution in [-0.2, 0) is 6.42 Å². The Morgan fingerprint density at radius 1 is 1.00 bits per heavy atom. The molecule has 0 fully saturated rings. The van der Waals surface area contributed by atoms with Crippen LogP contribution in [-0.4, -0.2) is 37.7 Å². The molecule has 8 heteroatoms. The first-order chi connectivity index (χ1) is 18.5. The van der Waals surface area contributed by atoms with Gasteiger partial charge in [0.25, 0.3) is 0 Å². The molecule has 192 valence electrons. The minimum atomic E-state index is -0.279. The average molecular weight is 509 g/mol. The smallest absolute Gasteiger partial charge is 0.223 e. The number of para-hydroxylation sites is 1. The summed E-state index contributed by atoms with van der Waals surface area (Å²) < 4.78 is 22.2. The lowest BCUT2D eigenvalue weighted by Crippen LogP contribution is -2.16. The highest BCUT2D eigenvalue weighted by Crippen LogP contribution is 2.39. The highest BCUT2D eigenvalue weighted by atomic mass is 19.1. The molecule has 38 heavy (non-hydrogen) atoms. The zero-order valence-corrected chi connectivity index (χ0v) is 21.4. The summed E-state index contributed by atoms with van der Waals surface area (Å²) in [6, 6.07) is 20.3. The number of ether oxygens (including phenoxy) is 1. The maximum absolute atomic E-state index is 13.7. The van der Waals surface area contributed by atoms with E-state index in [4.69, 9.17) is 14.7 Å². The van der Waals surface area contributed by atoms with Gasteiger partial charge in [0, 0.05) is 36.2 Å². The van der Waals surface area contributed by atoms with E-state index in [1.807, 2.05) is 42.5 Å². The van der Waals surface area contributed by atoms with Crippen LogP contribution in [0.2, 0.25) is 0 Å². The van der Waals surface area contributed by atoms with Crippen molar-refractivity contribution in [3.05, 3.63) is 84.6 Å². The standard InChI is InChI=1S/C30H29FN6O/c1-19(2)17-33-30-32-16-15-25(35-30)29-28(21-7-10-22(31)11-8-21)36-26-13-12-23(37(26)29)18-38-27-14-9-20-5-3-4-6-24(20)34-27/h3-11,14-16,19,23H,12-13,17-18H2,1-2H3,(H,32,33,35). The average Bonchev–Trinajstić information content (AvgIpc) is 3.51. The Kier molecular flexibility index (Phi) is 6.45. The van der Waals surface area contributed by atoms with Gasteiger partial charge in [0.15, 0.2) is 0 Å². The zero-order chi connectivity index (χ0) is 26.1. The third-order valence-corrected chi connectivity index (χ3v) is 6.73. The Bertz CT molecular complexity index is 1580. The summed E-state index contributed by atoms with van der Waals surface area (Å²) in [6.07, 6.45) is 3.48. The molecule has 0 saturated carbocycles.